The molecule has 0 amide bonds. The van der Waals surface area contributed by atoms with Gasteiger partial charge in [-0.3, -0.25) is 0 Å². The minimum absolute atomic E-state index is 0.721. The fourth-order valence-corrected chi connectivity index (χ4v) is 1.75. The molecule has 0 aliphatic carbocycles. The smallest absolute Gasteiger partial charge is 0.434 e. The van der Waals surface area contributed by atoms with Crippen LogP contribution in [0.1, 0.15) is 42.0 Å². The third-order valence-electron chi connectivity index (χ3n) is 2.56. The second-order valence-electron chi connectivity index (χ2n) is 4.54. The summed E-state index contributed by atoms with van der Waals surface area (Å²) in [5, 5.41) is 0. The lowest BCUT2D eigenvalue weighted by molar-refractivity contribution is -0.142. The van der Waals surface area contributed by atoms with E-state index in [0.717, 1.165) is 14.2 Å². The number of nitrogens with zero attached hydrogens (tertiary/aromatic N) is 1. The van der Waals surface area contributed by atoms with E-state index < -0.39 is 53.1 Å². The maximum absolute atomic E-state index is 13.1. The summed E-state index contributed by atoms with van der Waals surface area (Å²) in [5.41, 5.74) is -4.21. The van der Waals surface area contributed by atoms with Crippen molar-refractivity contribution in [1.29, 1.82) is 0 Å². The predicted molar refractivity (Wildman–Crippen MR) is 67.9 cm³/mol. The normalized spacial score (nSPS) is 11.8. The van der Waals surface area contributed by atoms with Crippen LogP contribution in [0.3, 0.4) is 0 Å². The third kappa shape index (κ3) is 3.99. The molecule has 0 radical (unpaired) electrons. The molecule has 0 N–H and O–H groups in total. The van der Waals surface area contributed by atoms with Crippen molar-refractivity contribution in [2.45, 2.75) is 32.6 Å². The summed E-state index contributed by atoms with van der Waals surface area (Å²) < 4.78 is 79.6. The minimum atomic E-state index is -5.17. The number of halogens is 5. The standard InChI is InChI=1S/C13H14F5NO4/c1-5(2)23-8-6(12(20)22-4)10(13(16,17)18)19-7(11(14)15)9(8)21-3/h5,11H,1-4H3. The van der Waals surface area contributed by atoms with E-state index in [2.05, 4.69) is 9.72 Å². The maximum Gasteiger partial charge on any atom is 0.434 e. The van der Waals surface area contributed by atoms with Gasteiger partial charge in [0.05, 0.1) is 20.3 Å². The lowest BCUT2D eigenvalue weighted by Crippen LogP contribution is -2.22. The fourth-order valence-electron chi connectivity index (χ4n) is 1.75. The topological polar surface area (TPSA) is 57.7 Å². The molecular formula is C13H14F5NO4. The van der Waals surface area contributed by atoms with Crippen LogP contribution in [-0.2, 0) is 10.9 Å². The number of methoxy groups -OCH3 is 2. The monoisotopic (exact) mass is 343 g/mol. The van der Waals surface area contributed by atoms with Gasteiger partial charge >= 0.3 is 12.1 Å². The van der Waals surface area contributed by atoms with Crippen LogP contribution in [0.15, 0.2) is 0 Å². The summed E-state index contributed by atoms with van der Waals surface area (Å²) in [4.78, 5) is 14.6. The van der Waals surface area contributed by atoms with Crippen molar-refractivity contribution in [3.05, 3.63) is 17.0 Å². The molecule has 0 aliphatic rings. The Balaban J connectivity index is 3.90. The Hall–Kier alpha value is -2.13. The van der Waals surface area contributed by atoms with Gasteiger partial charge in [0.1, 0.15) is 5.56 Å². The van der Waals surface area contributed by atoms with Crippen LogP contribution in [0, 0.1) is 0 Å². The quantitative estimate of drug-likeness (QED) is 0.604. The lowest BCUT2D eigenvalue weighted by atomic mass is 10.1. The van der Waals surface area contributed by atoms with Crippen LogP contribution in [0.25, 0.3) is 0 Å². The molecule has 0 spiro atoms. The number of ether oxygens (including phenoxy) is 3. The molecule has 5 nitrogen and oxygen atoms in total. The van der Waals surface area contributed by atoms with E-state index in [1.807, 2.05) is 0 Å². The Labute approximate surface area is 128 Å². The van der Waals surface area contributed by atoms with E-state index in [1.54, 1.807) is 0 Å². The number of hydrogen-bond acceptors (Lipinski definition) is 5. The van der Waals surface area contributed by atoms with Crippen LogP contribution in [0.5, 0.6) is 11.5 Å². The van der Waals surface area contributed by atoms with Gasteiger partial charge in [0, 0.05) is 0 Å². The van der Waals surface area contributed by atoms with Gasteiger partial charge in [0.25, 0.3) is 6.43 Å². The molecule has 0 aromatic carbocycles. The van der Waals surface area contributed by atoms with Crippen molar-refractivity contribution in [2.75, 3.05) is 14.2 Å². The molecule has 0 fully saturated rings. The number of aromatic nitrogens is 1. The molecule has 1 rings (SSSR count). The van der Waals surface area contributed by atoms with Crippen LogP contribution >= 0.6 is 0 Å². The SMILES string of the molecule is COC(=O)c1c(C(F)(F)F)nc(C(F)F)c(OC)c1OC(C)C. The van der Waals surface area contributed by atoms with Crippen molar-refractivity contribution in [2.24, 2.45) is 0 Å². The van der Waals surface area contributed by atoms with Gasteiger partial charge < -0.3 is 14.2 Å². The first-order valence-corrected chi connectivity index (χ1v) is 6.26. The van der Waals surface area contributed by atoms with Gasteiger partial charge in [-0.05, 0) is 13.8 Å². The summed E-state index contributed by atoms with van der Waals surface area (Å²) in [7, 11) is 1.79. The number of rotatable bonds is 5. The van der Waals surface area contributed by atoms with Crippen molar-refractivity contribution < 1.29 is 41.0 Å². The highest BCUT2D eigenvalue weighted by Gasteiger charge is 2.43. The third-order valence-corrected chi connectivity index (χ3v) is 2.56. The molecule has 0 bridgehead atoms. The zero-order valence-corrected chi connectivity index (χ0v) is 12.6. The van der Waals surface area contributed by atoms with Crippen LogP contribution in [0.4, 0.5) is 22.0 Å². The van der Waals surface area contributed by atoms with Crippen molar-refractivity contribution in [3.8, 4) is 11.5 Å². The second kappa shape index (κ2) is 6.97. The Kier molecular flexibility index (Phi) is 5.73. The first kappa shape index (κ1) is 18.9. The van der Waals surface area contributed by atoms with Crippen molar-refractivity contribution >= 4 is 5.97 Å². The molecule has 23 heavy (non-hydrogen) atoms. The molecule has 10 heteroatoms. The first-order chi connectivity index (χ1) is 10.5. The van der Waals surface area contributed by atoms with E-state index in [-0.39, 0.29) is 0 Å². The Morgan fingerprint density at radius 3 is 2.04 bits per heavy atom. The number of hydrogen-bond donors (Lipinski definition) is 0. The number of alkyl halides is 5. The highest BCUT2D eigenvalue weighted by molar-refractivity contribution is 5.95. The van der Waals surface area contributed by atoms with Crippen LogP contribution < -0.4 is 9.47 Å². The summed E-state index contributed by atoms with van der Waals surface area (Å²) in [5.74, 6) is -2.96. The summed E-state index contributed by atoms with van der Waals surface area (Å²) in [6.45, 7) is 2.88. The zero-order chi connectivity index (χ0) is 17.9. The van der Waals surface area contributed by atoms with Gasteiger partial charge in [0.2, 0.25) is 0 Å². The van der Waals surface area contributed by atoms with Crippen molar-refractivity contribution in [3.63, 3.8) is 0 Å². The summed E-state index contributed by atoms with van der Waals surface area (Å²) in [6, 6.07) is 0. The van der Waals surface area contributed by atoms with E-state index in [9.17, 15) is 26.7 Å². The van der Waals surface area contributed by atoms with Gasteiger partial charge in [-0.15, -0.1) is 0 Å². The van der Waals surface area contributed by atoms with Gasteiger partial charge in [-0.25, -0.2) is 18.6 Å². The zero-order valence-electron chi connectivity index (χ0n) is 12.6. The first-order valence-electron chi connectivity index (χ1n) is 6.26. The average molecular weight is 343 g/mol. The molecule has 0 saturated carbocycles. The molecule has 1 aromatic heterocycles. The van der Waals surface area contributed by atoms with Gasteiger partial charge in [-0.2, -0.15) is 13.2 Å². The van der Waals surface area contributed by atoms with E-state index in [4.69, 9.17) is 9.47 Å². The number of pyridine rings is 1. The molecule has 0 atom stereocenters. The molecule has 0 unspecified atom stereocenters. The van der Waals surface area contributed by atoms with E-state index in [0.29, 0.717) is 0 Å². The second-order valence-corrected chi connectivity index (χ2v) is 4.54. The van der Waals surface area contributed by atoms with Crippen LogP contribution in [-0.4, -0.2) is 31.3 Å². The Bertz CT molecular complexity index is 587. The molecule has 0 aliphatic heterocycles. The molecule has 1 aromatic rings. The largest absolute Gasteiger partial charge is 0.491 e. The summed E-state index contributed by atoms with van der Waals surface area (Å²) >= 11 is 0. The summed E-state index contributed by atoms with van der Waals surface area (Å²) in [6.07, 6.45) is -9.26. The predicted octanol–water partition coefficient (Wildman–Crippen LogP) is 3.62. The number of carbonyl (C=O) groups is 1. The molecule has 1 heterocycles. The van der Waals surface area contributed by atoms with Gasteiger partial charge in [0.15, 0.2) is 22.9 Å². The fraction of sp³-hybridized carbons (Fsp3) is 0.538. The van der Waals surface area contributed by atoms with E-state index >= 15 is 0 Å². The maximum atomic E-state index is 13.1. The highest BCUT2D eigenvalue weighted by Crippen LogP contribution is 2.44. The highest BCUT2D eigenvalue weighted by atomic mass is 19.4. The van der Waals surface area contributed by atoms with E-state index in [1.165, 1.54) is 13.8 Å². The van der Waals surface area contributed by atoms with Gasteiger partial charge in [-0.1, -0.05) is 0 Å². The Morgan fingerprint density at radius 2 is 1.70 bits per heavy atom. The van der Waals surface area contributed by atoms with Crippen molar-refractivity contribution in [1.82, 2.24) is 4.98 Å². The number of carbonyl (C=O) groups excluding carboxylic acids is 1. The average Bonchev–Trinajstić information content (AvgIpc) is 2.43. The Morgan fingerprint density at radius 1 is 1.13 bits per heavy atom. The lowest BCUT2D eigenvalue weighted by Gasteiger charge is -2.21. The molecular weight excluding hydrogens is 329 g/mol. The van der Waals surface area contributed by atoms with Crippen LogP contribution in [0.2, 0.25) is 0 Å². The minimum Gasteiger partial charge on any atom is -0.491 e. The number of esters is 1. The molecule has 0 saturated heterocycles. The molecule has 130 valence electrons.